The zero-order valence-corrected chi connectivity index (χ0v) is 15.3. The Labute approximate surface area is 137 Å². The average molecular weight is 309 g/mol. The summed E-state index contributed by atoms with van der Waals surface area (Å²) in [5, 5.41) is 3.32. The molecular weight excluding hydrogens is 272 g/mol. The Bertz CT molecular complexity index is 364. The van der Waals surface area contributed by atoms with Gasteiger partial charge in [0, 0.05) is 31.1 Å². The van der Waals surface area contributed by atoms with Crippen LogP contribution in [0.3, 0.4) is 0 Å². The maximum Gasteiger partial charge on any atom is 0.225 e. The number of hydrogen-bond acceptors (Lipinski definition) is 2. The van der Waals surface area contributed by atoms with Crippen LogP contribution in [0.5, 0.6) is 0 Å². The Morgan fingerprint density at radius 2 is 1.82 bits per heavy atom. The van der Waals surface area contributed by atoms with Crippen LogP contribution in [0, 0.1) is 23.2 Å². The minimum Gasteiger partial charge on any atom is -0.352 e. The molecule has 2 unspecified atom stereocenters. The molecule has 1 heterocycles. The predicted octanol–water partition coefficient (Wildman–Crippen LogP) is 3.69. The van der Waals surface area contributed by atoms with Crippen LogP contribution in [0.4, 0.5) is 0 Å². The third kappa shape index (κ3) is 4.97. The molecule has 2 atom stereocenters. The Hall–Kier alpha value is -0.570. The summed E-state index contributed by atoms with van der Waals surface area (Å²) in [7, 11) is 0. The molecule has 0 aromatic heterocycles. The summed E-state index contributed by atoms with van der Waals surface area (Å²) < 4.78 is 0. The lowest BCUT2D eigenvalue weighted by Gasteiger charge is -2.41. The Morgan fingerprint density at radius 1 is 1.18 bits per heavy atom. The van der Waals surface area contributed by atoms with Gasteiger partial charge in [-0.1, -0.05) is 47.5 Å². The van der Waals surface area contributed by atoms with Crippen molar-refractivity contribution >= 4 is 5.91 Å². The van der Waals surface area contributed by atoms with E-state index in [0.29, 0.717) is 17.9 Å². The summed E-state index contributed by atoms with van der Waals surface area (Å²) in [6.07, 6.45) is 6.77. The van der Waals surface area contributed by atoms with Gasteiger partial charge in [0.15, 0.2) is 0 Å². The van der Waals surface area contributed by atoms with Gasteiger partial charge in [0.25, 0.3) is 0 Å². The molecule has 3 nitrogen and oxygen atoms in total. The molecular formula is C19H36N2O. The van der Waals surface area contributed by atoms with Crippen LogP contribution in [0.1, 0.15) is 66.7 Å². The molecule has 1 saturated carbocycles. The van der Waals surface area contributed by atoms with Gasteiger partial charge in [0.05, 0.1) is 0 Å². The van der Waals surface area contributed by atoms with E-state index in [9.17, 15) is 4.79 Å². The highest BCUT2D eigenvalue weighted by Gasteiger charge is 2.33. The third-order valence-electron chi connectivity index (χ3n) is 5.51. The first-order chi connectivity index (χ1) is 10.3. The van der Waals surface area contributed by atoms with Crippen molar-refractivity contribution in [1.29, 1.82) is 0 Å². The molecule has 2 rings (SSSR count). The summed E-state index contributed by atoms with van der Waals surface area (Å²) >= 11 is 0. The van der Waals surface area contributed by atoms with Crippen molar-refractivity contribution in [3.05, 3.63) is 0 Å². The third-order valence-corrected chi connectivity index (χ3v) is 5.51. The average Bonchev–Trinajstić information content (AvgIpc) is 2.90. The Balaban J connectivity index is 1.95. The Morgan fingerprint density at radius 3 is 2.36 bits per heavy atom. The lowest BCUT2D eigenvalue weighted by Crippen LogP contribution is -2.54. The molecule has 1 N–H and O–H groups in total. The fourth-order valence-electron chi connectivity index (χ4n) is 3.93. The summed E-state index contributed by atoms with van der Waals surface area (Å²) in [6, 6.07) is 0.328. The summed E-state index contributed by atoms with van der Waals surface area (Å²) in [6.45, 7) is 14.2. The molecule has 2 fully saturated rings. The minimum atomic E-state index is -0.291. The van der Waals surface area contributed by atoms with E-state index in [2.05, 4.69) is 24.1 Å². The highest BCUT2D eigenvalue weighted by Crippen LogP contribution is 2.29. The molecule has 1 aliphatic heterocycles. The van der Waals surface area contributed by atoms with Gasteiger partial charge >= 0.3 is 0 Å². The first kappa shape index (κ1) is 17.8. The van der Waals surface area contributed by atoms with E-state index in [-0.39, 0.29) is 11.3 Å². The summed E-state index contributed by atoms with van der Waals surface area (Å²) in [5.74, 6) is 2.49. The molecule has 0 bridgehead atoms. The van der Waals surface area contributed by atoms with Crippen LogP contribution < -0.4 is 5.32 Å². The Kier molecular flexibility index (Phi) is 5.93. The molecule has 1 aliphatic carbocycles. The van der Waals surface area contributed by atoms with E-state index in [1.807, 2.05) is 20.8 Å². The van der Waals surface area contributed by atoms with Crippen molar-refractivity contribution in [2.24, 2.45) is 23.2 Å². The van der Waals surface area contributed by atoms with E-state index in [4.69, 9.17) is 0 Å². The van der Waals surface area contributed by atoms with Crippen molar-refractivity contribution in [1.82, 2.24) is 10.2 Å². The molecule has 3 heteroatoms. The second kappa shape index (κ2) is 7.33. The van der Waals surface area contributed by atoms with Crippen LogP contribution >= 0.6 is 0 Å². The molecule has 0 aromatic carbocycles. The predicted molar refractivity (Wildman–Crippen MR) is 92.7 cm³/mol. The van der Waals surface area contributed by atoms with E-state index in [1.165, 1.54) is 38.8 Å². The second-order valence-electron chi connectivity index (χ2n) is 9.03. The number of rotatable bonds is 4. The van der Waals surface area contributed by atoms with E-state index in [0.717, 1.165) is 18.9 Å². The monoisotopic (exact) mass is 308 g/mol. The molecule has 2 aliphatic rings. The zero-order chi connectivity index (χ0) is 16.3. The minimum absolute atomic E-state index is 0.197. The largest absolute Gasteiger partial charge is 0.352 e. The molecule has 0 aromatic rings. The fraction of sp³-hybridized carbons (Fsp3) is 0.947. The molecule has 22 heavy (non-hydrogen) atoms. The number of amides is 1. The molecule has 1 saturated heterocycles. The van der Waals surface area contributed by atoms with Gasteiger partial charge in [-0.05, 0) is 37.0 Å². The zero-order valence-electron chi connectivity index (χ0n) is 15.3. The number of nitrogens with zero attached hydrogens (tertiary/aromatic N) is 1. The molecule has 128 valence electrons. The van der Waals surface area contributed by atoms with Crippen molar-refractivity contribution < 1.29 is 4.79 Å². The van der Waals surface area contributed by atoms with Gasteiger partial charge in [-0.2, -0.15) is 0 Å². The fourth-order valence-corrected chi connectivity index (χ4v) is 3.93. The maximum atomic E-state index is 12.3. The van der Waals surface area contributed by atoms with Crippen molar-refractivity contribution in [3.63, 3.8) is 0 Å². The van der Waals surface area contributed by atoms with Crippen LogP contribution in [0.25, 0.3) is 0 Å². The molecule has 0 radical (unpaired) electrons. The lowest BCUT2D eigenvalue weighted by molar-refractivity contribution is -0.129. The number of carbonyl (C=O) groups excluding carboxylic acids is 1. The van der Waals surface area contributed by atoms with Crippen LogP contribution in [0.15, 0.2) is 0 Å². The van der Waals surface area contributed by atoms with Crippen LogP contribution in [-0.4, -0.2) is 36.5 Å². The topological polar surface area (TPSA) is 32.3 Å². The molecule has 1 amide bonds. The normalized spacial score (nSPS) is 28.3. The van der Waals surface area contributed by atoms with Gasteiger partial charge in [-0.25, -0.2) is 0 Å². The van der Waals surface area contributed by atoms with Gasteiger partial charge in [-0.3, -0.25) is 4.79 Å². The van der Waals surface area contributed by atoms with E-state index >= 15 is 0 Å². The number of carbonyl (C=O) groups is 1. The van der Waals surface area contributed by atoms with Crippen molar-refractivity contribution in [3.8, 4) is 0 Å². The standard InChI is InChI=1S/C19H36N2O/c1-14(2)16-10-17(20-18(22)19(3,4)5)13-21(12-16)11-15-8-6-7-9-15/h14-17H,6-13H2,1-5H3,(H,20,22). The smallest absolute Gasteiger partial charge is 0.225 e. The van der Waals surface area contributed by atoms with Crippen molar-refractivity contribution in [2.45, 2.75) is 72.8 Å². The number of nitrogens with one attached hydrogen (secondary N) is 1. The van der Waals surface area contributed by atoms with Crippen LogP contribution in [0.2, 0.25) is 0 Å². The van der Waals surface area contributed by atoms with E-state index < -0.39 is 0 Å². The van der Waals surface area contributed by atoms with Gasteiger partial charge in [0.2, 0.25) is 5.91 Å². The molecule has 0 spiro atoms. The summed E-state index contributed by atoms with van der Waals surface area (Å²) in [4.78, 5) is 15.0. The quantitative estimate of drug-likeness (QED) is 0.859. The van der Waals surface area contributed by atoms with Crippen LogP contribution in [-0.2, 0) is 4.79 Å². The number of piperidine rings is 1. The number of likely N-dealkylation sites (tertiary alicyclic amines) is 1. The maximum absolute atomic E-state index is 12.3. The van der Waals surface area contributed by atoms with Gasteiger partial charge in [-0.15, -0.1) is 0 Å². The van der Waals surface area contributed by atoms with E-state index in [1.54, 1.807) is 0 Å². The number of hydrogen-bond donors (Lipinski definition) is 1. The summed E-state index contributed by atoms with van der Waals surface area (Å²) in [5.41, 5.74) is -0.291. The van der Waals surface area contributed by atoms with Gasteiger partial charge < -0.3 is 10.2 Å². The first-order valence-electron chi connectivity index (χ1n) is 9.29. The SMILES string of the molecule is CC(C)C1CC(NC(=O)C(C)(C)C)CN(CC2CCCC2)C1. The lowest BCUT2D eigenvalue weighted by atomic mass is 9.84. The second-order valence-corrected chi connectivity index (χ2v) is 9.03. The highest BCUT2D eigenvalue weighted by molar-refractivity contribution is 5.81. The first-order valence-corrected chi connectivity index (χ1v) is 9.29. The van der Waals surface area contributed by atoms with Gasteiger partial charge in [0.1, 0.15) is 0 Å². The highest BCUT2D eigenvalue weighted by atomic mass is 16.2. The van der Waals surface area contributed by atoms with Crippen molar-refractivity contribution in [2.75, 3.05) is 19.6 Å².